The van der Waals surface area contributed by atoms with Crippen LogP contribution >= 0.6 is 12.2 Å². The van der Waals surface area contributed by atoms with Crippen LogP contribution in [0.1, 0.15) is 37.0 Å². The molecule has 0 aliphatic carbocycles. The van der Waals surface area contributed by atoms with Crippen molar-refractivity contribution in [2.45, 2.75) is 34.1 Å². The summed E-state index contributed by atoms with van der Waals surface area (Å²) in [4.78, 5) is 2.36. The Hall–Kier alpha value is -2.40. The fourth-order valence-corrected chi connectivity index (χ4v) is 2.86. The molecule has 0 atom stereocenters. The van der Waals surface area contributed by atoms with E-state index in [0.29, 0.717) is 5.11 Å². The second kappa shape index (κ2) is 9.92. The lowest BCUT2D eigenvalue weighted by Gasteiger charge is -2.22. The van der Waals surface area contributed by atoms with Gasteiger partial charge in [0.25, 0.3) is 0 Å². The molecule has 0 heterocycles. The number of hydrazone groups is 1. The molecule has 138 valence electrons. The van der Waals surface area contributed by atoms with E-state index in [1.54, 1.807) is 6.21 Å². The van der Waals surface area contributed by atoms with Crippen LogP contribution in [0.15, 0.2) is 47.6 Å². The fourth-order valence-electron chi connectivity index (χ4n) is 2.70. The van der Waals surface area contributed by atoms with Gasteiger partial charge in [-0.1, -0.05) is 31.2 Å². The van der Waals surface area contributed by atoms with Crippen molar-refractivity contribution in [3.05, 3.63) is 59.2 Å². The topological polar surface area (TPSA) is 39.7 Å². The molecule has 0 amide bonds. The highest BCUT2D eigenvalue weighted by atomic mass is 32.1. The quantitative estimate of drug-likeness (QED) is 0.416. The van der Waals surface area contributed by atoms with Crippen molar-refractivity contribution in [2.24, 2.45) is 5.10 Å². The zero-order valence-corrected chi connectivity index (χ0v) is 16.9. The zero-order chi connectivity index (χ0) is 18.9. The van der Waals surface area contributed by atoms with Crippen LogP contribution in [0.25, 0.3) is 0 Å². The Balaban J connectivity index is 1.91. The molecule has 0 unspecified atom stereocenters. The molecule has 0 saturated carbocycles. The van der Waals surface area contributed by atoms with Crippen molar-refractivity contribution in [3.63, 3.8) is 0 Å². The van der Waals surface area contributed by atoms with E-state index < -0.39 is 0 Å². The summed E-state index contributed by atoms with van der Waals surface area (Å²) >= 11 is 5.31. The minimum absolute atomic E-state index is 0.478. The Labute approximate surface area is 162 Å². The predicted molar refractivity (Wildman–Crippen MR) is 117 cm³/mol. The Morgan fingerprint density at radius 3 is 2.50 bits per heavy atom. The first-order valence-corrected chi connectivity index (χ1v) is 9.46. The van der Waals surface area contributed by atoms with Gasteiger partial charge in [0, 0.05) is 24.5 Å². The molecule has 0 radical (unpaired) electrons. The Morgan fingerprint density at radius 2 is 1.85 bits per heavy atom. The van der Waals surface area contributed by atoms with Gasteiger partial charge in [0.15, 0.2) is 5.11 Å². The van der Waals surface area contributed by atoms with E-state index in [4.69, 9.17) is 12.2 Å². The SMILES string of the molecule is CCCN(CC)c1ccc(C=NNC(=S)Nc2cc(C)ccc2C)cc1. The van der Waals surface area contributed by atoms with Crippen LogP contribution in [0.4, 0.5) is 11.4 Å². The lowest BCUT2D eigenvalue weighted by atomic mass is 10.1. The molecule has 0 aliphatic heterocycles. The van der Waals surface area contributed by atoms with Gasteiger partial charge in [-0.05, 0) is 74.3 Å². The molecule has 2 aromatic carbocycles. The zero-order valence-electron chi connectivity index (χ0n) is 16.0. The number of rotatable bonds is 7. The second-order valence-electron chi connectivity index (χ2n) is 6.31. The van der Waals surface area contributed by atoms with Crippen molar-refractivity contribution in [1.29, 1.82) is 0 Å². The fraction of sp³-hybridized carbons (Fsp3) is 0.333. The number of hydrogen-bond acceptors (Lipinski definition) is 3. The third-order valence-corrected chi connectivity index (χ3v) is 4.35. The van der Waals surface area contributed by atoms with E-state index in [1.165, 1.54) is 11.3 Å². The first-order chi connectivity index (χ1) is 12.5. The molecule has 0 saturated heterocycles. The van der Waals surface area contributed by atoms with Crippen molar-refractivity contribution >= 4 is 34.9 Å². The van der Waals surface area contributed by atoms with Gasteiger partial charge in [0.1, 0.15) is 0 Å². The highest BCUT2D eigenvalue weighted by Gasteiger charge is 2.03. The maximum absolute atomic E-state index is 5.31. The number of thiocarbonyl (C=S) groups is 1. The van der Waals surface area contributed by atoms with Crippen LogP contribution in [0.3, 0.4) is 0 Å². The van der Waals surface area contributed by atoms with Crippen LogP contribution in [0.2, 0.25) is 0 Å². The minimum atomic E-state index is 0.478. The summed E-state index contributed by atoms with van der Waals surface area (Å²) in [5, 5.41) is 7.89. The van der Waals surface area contributed by atoms with E-state index in [1.807, 2.05) is 6.92 Å². The molecule has 0 aliphatic rings. The van der Waals surface area contributed by atoms with E-state index in [9.17, 15) is 0 Å². The minimum Gasteiger partial charge on any atom is -0.372 e. The highest BCUT2D eigenvalue weighted by Crippen LogP contribution is 2.16. The van der Waals surface area contributed by atoms with E-state index in [0.717, 1.165) is 36.3 Å². The number of aryl methyl sites for hydroxylation is 2. The monoisotopic (exact) mass is 368 g/mol. The second-order valence-corrected chi connectivity index (χ2v) is 6.72. The molecule has 0 bridgehead atoms. The number of benzene rings is 2. The number of nitrogens with zero attached hydrogens (tertiary/aromatic N) is 2. The van der Waals surface area contributed by atoms with Crippen LogP contribution in [-0.2, 0) is 0 Å². The summed E-state index contributed by atoms with van der Waals surface area (Å²) in [5.74, 6) is 0. The van der Waals surface area contributed by atoms with Gasteiger partial charge in [-0.3, -0.25) is 5.43 Å². The summed E-state index contributed by atoms with van der Waals surface area (Å²) < 4.78 is 0. The highest BCUT2D eigenvalue weighted by molar-refractivity contribution is 7.80. The molecular formula is C21H28N4S. The van der Waals surface area contributed by atoms with Crippen molar-refractivity contribution < 1.29 is 0 Å². The van der Waals surface area contributed by atoms with E-state index >= 15 is 0 Å². The van der Waals surface area contributed by atoms with E-state index in [-0.39, 0.29) is 0 Å². The normalized spacial score (nSPS) is 10.8. The molecule has 5 heteroatoms. The Morgan fingerprint density at radius 1 is 1.12 bits per heavy atom. The predicted octanol–water partition coefficient (Wildman–Crippen LogP) is 4.86. The summed E-state index contributed by atoms with van der Waals surface area (Å²) in [6.45, 7) is 10.6. The van der Waals surface area contributed by atoms with Gasteiger partial charge < -0.3 is 10.2 Å². The third kappa shape index (κ3) is 5.85. The first-order valence-electron chi connectivity index (χ1n) is 9.05. The summed E-state index contributed by atoms with van der Waals surface area (Å²) in [7, 11) is 0. The van der Waals surface area contributed by atoms with Crippen LogP contribution in [-0.4, -0.2) is 24.4 Å². The van der Waals surface area contributed by atoms with Crippen LogP contribution in [0, 0.1) is 13.8 Å². The van der Waals surface area contributed by atoms with Gasteiger partial charge in [0.05, 0.1) is 6.21 Å². The van der Waals surface area contributed by atoms with Gasteiger partial charge in [-0.25, -0.2) is 0 Å². The van der Waals surface area contributed by atoms with E-state index in [2.05, 4.69) is 84.0 Å². The average Bonchev–Trinajstić information content (AvgIpc) is 2.63. The van der Waals surface area contributed by atoms with Crippen LogP contribution in [0.5, 0.6) is 0 Å². The molecule has 26 heavy (non-hydrogen) atoms. The molecule has 2 aromatic rings. The maximum atomic E-state index is 5.31. The van der Waals surface area contributed by atoms with Crippen molar-refractivity contribution in [2.75, 3.05) is 23.3 Å². The largest absolute Gasteiger partial charge is 0.372 e. The molecular weight excluding hydrogens is 340 g/mol. The van der Waals surface area contributed by atoms with Crippen LogP contribution < -0.4 is 15.6 Å². The van der Waals surface area contributed by atoms with Gasteiger partial charge in [-0.15, -0.1) is 0 Å². The molecule has 2 N–H and O–H groups in total. The first kappa shape index (κ1) is 19.9. The summed E-state index contributed by atoms with van der Waals surface area (Å²) in [6, 6.07) is 14.6. The average molecular weight is 369 g/mol. The Kier molecular flexibility index (Phi) is 7.60. The van der Waals surface area contributed by atoms with Gasteiger partial charge >= 0.3 is 0 Å². The number of hydrogen-bond donors (Lipinski definition) is 2. The van der Waals surface area contributed by atoms with Gasteiger partial charge in [-0.2, -0.15) is 5.10 Å². The molecule has 0 spiro atoms. The van der Waals surface area contributed by atoms with Gasteiger partial charge in [0.2, 0.25) is 0 Å². The van der Waals surface area contributed by atoms with Crippen molar-refractivity contribution in [1.82, 2.24) is 5.43 Å². The number of anilines is 2. The smallest absolute Gasteiger partial charge is 0.191 e. The maximum Gasteiger partial charge on any atom is 0.191 e. The molecule has 0 fully saturated rings. The lowest BCUT2D eigenvalue weighted by molar-refractivity contribution is 0.792. The summed E-state index contributed by atoms with van der Waals surface area (Å²) in [5.41, 5.74) is 8.48. The molecule has 2 rings (SSSR count). The number of nitrogens with one attached hydrogen (secondary N) is 2. The third-order valence-electron chi connectivity index (χ3n) is 4.15. The van der Waals surface area contributed by atoms with Crippen molar-refractivity contribution in [3.8, 4) is 0 Å². The Bertz CT molecular complexity index is 753. The standard InChI is InChI=1S/C21H28N4S/c1-5-13-25(6-2)19-11-9-18(10-12-19)15-22-24-21(26)23-20-14-16(3)7-8-17(20)4/h7-12,14-15H,5-6,13H2,1-4H3,(H2,23,24,26). The lowest BCUT2D eigenvalue weighted by Crippen LogP contribution is -2.24. The molecule has 4 nitrogen and oxygen atoms in total. The molecule has 0 aromatic heterocycles. The summed E-state index contributed by atoms with van der Waals surface area (Å²) in [6.07, 6.45) is 2.92.